The van der Waals surface area contributed by atoms with Crippen LogP contribution in [0, 0.1) is 5.92 Å². The summed E-state index contributed by atoms with van der Waals surface area (Å²) in [6.45, 7) is 3.35. The van der Waals surface area contributed by atoms with Gasteiger partial charge in [0.2, 0.25) is 11.8 Å². The zero-order valence-corrected chi connectivity index (χ0v) is 11.7. The third-order valence-electron chi connectivity index (χ3n) is 4.16. The van der Waals surface area contributed by atoms with E-state index in [1.807, 2.05) is 0 Å². The van der Waals surface area contributed by atoms with Crippen molar-refractivity contribution in [3.8, 4) is 0 Å². The molecule has 0 bridgehead atoms. The second-order valence-electron chi connectivity index (χ2n) is 5.77. The quantitative estimate of drug-likeness (QED) is 0.696. The van der Waals surface area contributed by atoms with Crippen LogP contribution >= 0.6 is 0 Å². The van der Waals surface area contributed by atoms with Gasteiger partial charge in [-0.15, -0.1) is 0 Å². The Morgan fingerprint density at radius 1 is 1.16 bits per heavy atom. The van der Waals surface area contributed by atoms with Crippen molar-refractivity contribution in [2.75, 3.05) is 13.1 Å². The molecule has 2 atom stereocenters. The van der Waals surface area contributed by atoms with Crippen LogP contribution in [0.25, 0.3) is 0 Å². The molecule has 1 saturated heterocycles. The van der Waals surface area contributed by atoms with Gasteiger partial charge < -0.3 is 16.0 Å². The van der Waals surface area contributed by atoms with E-state index in [1.165, 1.54) is 19.8 Å². The molecule has 19 heavy (non-hydrogen) atoms. The van der Waals surface area contributed by atoms with Gasteiger partial charge in [-0.3, -0.25) is 9.59 Å². The van der Waals surface area contributed by atoms with Gasteiger partial charge in [-0.1, -0.05) is 12.8 Å². The average molecular weight is 267 g/mol. The van der Waals surface area contributed by atoms with E-state index in [-0.39, 0.29) is 23.9 Å². The lowest BCUT2D eigenvalue weighted by molar-refractivity contribution is -0.130. The van der Waals surface area contributed by atoms with Crippen LogP contribution in [0.2, 0.25) is 0 Å². The summed E-state index contributed by atoms with van der Waals surface area (Å²) in [5.74, 6) is 0.185. The van der Waals surface area contributed by atoms with Crippen LogP contribution in [-0.4, -0.2) is 37.0 Å². The lowest BCUT2D eigenvalue weighted by atomic mass is 9.96. The molecule has 0 aromatic carbocycles. The molecule has 1 heterocycles. The molecular formula is C14H25N3O2. The van der Waals surface area contributed by atoms with Crippen molar-refractivity contribution in [2.24, 2.45) is 5.92 Å². The van der Waals surface area contributed by atoms with E-state index in [0.717, 1.165) is 38.8 Å². The largest absolute Gasteiger partial charge is 0.350 e. The van der Waals surface area contributed by atoms with Gasteiger partial charge in [-0.2, -0.15) is 0 Å². The molecule has 2 rings (SSSR count). The number of carbonyl (C=O) groups excluding carboxylic acids is 2. The molecule has 0 spiro atoms. The molecule has 0 aromatic heterocycles. The van der Waals surface area contributed by atoms with E-state index < -0.39 is 0 Å². The normalized spacial score (nSPS) is 25.8. The molecule has 108 valence electrons. The van der Waals surface area contributed by atoms with Crippen molar-refractivity contribution in [2.45, 2.75) is 57.5 Å². The number of carbonyl (C=O) groups is 2. The van der Waals surface area contributed by atoms with Gasteiger partial charge in [-0.05, 0) is 38.1 Å². The lowest BCUT2D eigenvalue weighted by Crippen LogP contribution is -2.55. The fraction of sp³-hybridized carbons (Fsp3) is 0.857. The van der Waals surface area contributed by atoms with Gasteiger partial charge in [0.25, 0.3) is 0 Å². The van der Waals surface area contributed by atoms with Crippen molar-refractivity contribution >= 4 is 11.8 Å². The Labute approximate surface area is 114 Å². The number of hydrogen-bond donors (Lipinski definition) is 3. The topological polar surface area (TPSA) is 70.2 Å². The first-order valence-corrected chi connectivity index (χ1v) is 7.45. The van der Waals surface area contributed by atoms with Crippen molar-refractivity contribution in [1.82, 2.24) is 16.0 Å². The third kappa shape index (κ3) is 4.20. The predicted molar refractivity (Wildman–Crippen MR) is 73.6 cm³/mol. The predicted octanol–water partition coefficient (Wildman–Crippen LogP) is 0.549. The molecule has 1 saturated carbocycles. The molecule has 5 heteroatoms. The van der Waals surface area contributed by atoms with Gasteiger partial charge in [0.15, 0.2) is 0 Å². The first-order chi connectivity index (χ1) is 9.16. The fourth-order valence-corrected chi connectivity index (χ4v) is 3.17. The van der Waals surface area contributed by atoms with Crippen molar-refractivity contribution in [1.29, 1.82) is 0 Å². The minimum atomic E-state index is -0.345. The zero-order chi connectivity index (χ0) is 13.7. The monoisotopic (exact) mass is 267 g/mol. The molecule has 1 aliphatic carbocycles. The molecule has 2 unspecified atom stereocenters. The lowest BCUT2D eigenvalue weighted by Gasteiger charge is -2.28. The Morgan fingerprint density at radius 2 is 1.89 bits per heavy atom. The Balaban J connectivity index is 1.91. The summed E-state index contributed by atoms with van der Waals surface area (Å²) in [6.07, 6.45) is 6.54. The number of hydrogen-bond acceptors (Lipinski definition) is 3. The van der Waals surface area contributed by atoms with Crippen LogP contribution in [-0.2, 0) is 9.59 Å². The molecule has 2 fully saturated rings. The summed E-state index contributed by atoms with van der Waals surface area (Å²) in [7, 11) is 0. The number of piperidine rings is 1. The maximum atomic E-state index is 12.4. The highest BCUT2D eigenvalue weighted by Crippen LogP contribution is 2.28. The fourth-order valence-electron chi connectivity index (χ4n) is 3.17. The van der Waals surface area contributed by atoms with Crippen molar-refractivity contribution in [3.63, 3.8) is 0 Å². The van der Waals surface area contributed by atoms with Gasteiger partial charge in [0, 0.05) is 19.5 Å². The summed E-state index contributed by atoms with van der Waals surface area (Å²) < 4.78 is 0. The standard InChI is InChI=1S/C14H25N3O2/c1-10(18)16-13(11-5-2-3-6-11)14(19)17-12-7-4-8-15-9-12/h11-13,15H,2-9H2,1H3,(H,16,18)(H,17,19). The molecular weight excluding hydrogens is 242 g/mol. The van der Waals surface area contributed by atoms with Crippen LogP contribution in [0.3, 0.4) is 0 Å². The second kappa shape index (κ2) is 6.89. The van der Waals surface area contributed by atoms with E-state index in [0.29, 0.717) is 5.92 Å². The number of rotatable bonds is 4. The van der Waals surface area contributed by atoms with Gasteiger partial charge in [-0.25, -0.2) is 0 Å². The summed E-state index contributed by atoms with van der Waals surface area (Å²) in [5, 5.41) is 9.21. The first-order valence-electron chi connectivity index (χ1n) is 7.45. The van der Waals surface area contributed by atoms with E-state index in [9.17, 15) is 9.59 Å². The second-order valence-corrected chi connectivity index (χ2v) is 5.77. The highest BCUT2D eigenvalue weighted by Gasteiger charge is 2.32. The van der Waals surface area contributed by atoms with Crippen LogP contribution in [0.5, 0.6) is 0 Å². The smallest absolute Gasteiger partial charge is 0.243 e. The third-order valence-corrected chi connectivity index (χ3v) is 4.16. The molecule has 0 aromatic rings. The minimum Gasteiger partial charge on any atom is -0.350 e. The van der Waals surface area contributed by atoms with E-state index in [1.54, 1.807) is 0 Å². The summed E-state index contributed by atoms with van der Waals surface area (Å²) in [6, 6.07) is -0.138. The van der Waals surface area contributed by atoms with Gasteiger partial charge in [0.1, 0.15) is 6.04 Å². The van der Waals surface area contributed by atoms with Crippen molar-refractivity contribution < 1.29 is 9.59 Å². The van der Waals surface area contributed by atoms with Gasteiger partial charge >= 0.3 is 0 Å². The van der Waals surface area contributed by atoms with E-state index in [2.05, 4.69) is 16.0 Å². The number of amides is 2. The molecule has 2 amide bonds. The number of nitrogens with one attached hydrogen (secondary N) is 3. The average Bonchev–Trinajstić information content (AvgIpc) is 2.90. The molecule has 1 aliphatic heterocycles. The van der Waals surface area contributed by atoms with E-state index >= 15 is 0 Å². The minimum absolute atomic E-state index is 0.00389. The zero-order valence-electron chi connectivity index (χ0n) is 11.7. The van der Waals surface area contributed by atoms with Crippen molar-refractivity contribution in [3.05, 3.63) is 0 Å². The van der Waals surface area contributed by atoms with E-state index in [4.69, 9.17) is 0 Å². The first kappa shape index (κ1) is 14.3. The highest BCUT2D eigenvalue weighted by molar-refractivity contribution is 5.87. The van der Waals surface area contributed by atoms with Crippen LogP contribution < -0.4 is 16.0 Å². The molecule has 5 nitrogen and oxygen atoms in total. The Kier molecular flexibility index (Phi) is 5.19. The maximum absolute atomic E-state index is 12.4. The summed E-state index contributed by atoms with van der Waals surface area (Å²) in [4.78, 5) is 23.7. The Bertz CT molecular complexity index is 321. The maximum Gasteiger partial charge on any atom is 0.243 e. The van der Waals surface area contributed by atoms with Crippen LogP contribution in [0.15, 0.2) is 0 Å². The molecule has 0 radical (unpaired) electrons. The molecule has 3 N–H and O–H groups in total. The SMILES string of the molecule is CC(=O)NC(C(=O)NC1CCCNC1)C1CCCC1. The molecule has 2 aliphatic rings. The Morgan fingerprint density at radius 3 is 2.47 bits per heavy atom. The van der Waals surface area contributed by atoms with Crippen LogP contribution in [0.1, 0.15) is 45.4 Å². The van der Waals surface area contributed by atoms with Gasteiger partial charge in [0.05, 0.1) is 0 Å². The highest BCUT2D eigenvalue weighted by atomic mass is 16.2. The Hall–Kier alpha value is -1.10. The summed E-state index contributed by atoms with van der Waals surface area (Å²) in [5.41, 5.74) is 0. The summed E-state index contributed by atoms with van der Waals surface area (Å²) >= 11 is 0. The van der Waals surface area contributed by atoms with Crippen LogP contribution in [0.4, 0.5) is 0 Å².